The Bertz CT molecular complexity index is 1120. The fourth-order valence-electron chi connectivity index (χ4n) is 3.43. The van der Waals surface area contributed by atoms with Gasteiger partial charge >= 0.3 is 0 Å². The molecule has 0 saturated heterocycles. The molecule has 0 aliphatic heterocycles. The van der Waals surface area contributed by atoms with E-state index in [9.17, 15) is 22.8 Å². The predicted octanol–water partition coefficient (Wildman–Crippen LogP) is 2.41. The minimum atomic E-state index is -4.08. The van der Waals surface area contributed by atoms with Gasteiger partial charge in [-0.15, -0.1) is 11.3 Å². The third kappa shape index (κ3) is 5.31. The Morgan fingerprint density at radius 2 is 1.74 bits per heavy atom. The number of rotatable bonds is 7. The van der Waals surface area contributed by atoms with E-state index in [0.717, 1.165) is 35.3 Å². The van der Waals surface area contributed by atoms with E-state index < -0.39 is 38.6 Å². The highest BCUT2D eigenvalue weighted by Gasteiger charge is 2.32. The van der Waals surface area contributed by atoms with Gasteiger partial charge in [0.1, 0.15) is 16.0 Å². The molecule has 2 aromatic rings. The van der Waals surface area contributed by atoms with Crippen LogP contribution in [0, 0.1) is 6.92 Å². The number of primary amides is 1. The molecule has 10 heteroatoms. The van der Waals surface area contributed by atoms with Crippen molar-refractivity contribution in [3.8, 4) is 0 Å². The highest BCUT2D eigenvalue weighted by molar-refractivity contribution is 7.93. The molecule has 31 heavy (non-hydrogen) atoms. The van der Waals surface area contributed by atoms with Crippen LogP contribution in [0.2, 0.25) is 0 Å². The molecular formula is C21H25N3O5S2. The molecule has 3 rings (SSSR count). The summed E-state index contributed by atoms with van der Waals surface area (Å²) >= 11 is 1.26. The summed E-state index contributed by atoms with van der Waals surface area (Å²) in [6.07, 6.45) is 3.41. The minimum absolute atomic E-state index is 0.259. The van der Waals surface area contributed by atoms with Gasteiger partial charge in [-0.2, -0.15) is 0 Å². The fraction of sp³-hybridized carbons (Fsp3) is 0.381. The Balaban J connectivity index is 1.70. The standard InChI is InChI=1S/C21H25N3O5S2/c1-12-7-9-14(10-8-12)23-17(25)11-31(28,29)13(2)20(27)24-21-18(19(22)26)15-5-3-4-6-16(15)30-21/h7-10,13H,3-6,11H2,1-2H3,(H2,22,26)(H,23,25)(H,24,27). The maximum atomic E-state index is 12.7. The monoisotopic (exact) mass is 463 g/mol. The second-order valence-corrected chi connectivity index (χ2v) is 11.1. The lowest BCUT2D eigenvalue weighted by Gasteiger charge is -2.14. The van der Waals surface area contributed by atoms with E-state index in [1.165, 1.54) is 18.3 Å². The van der Waals surface area contributed by atoms with E-state index in [-0.39, 0.29) is 10.6 Å². The number of aryl methyl sites for hydroxylation is 2. The second kappa shape index (κ2) is 9.19. The molecule has 1 atom stereocenters. The number of carbonyl (C=O) groups is 3. The predicted molar refractivity (Wildman–Crippen MR) is 121 cm³/mol. The lowest BCUT2D eigenvalue weighted by Crippen LogP contribution is -2.37. The van der Waals surface area contributed by atoms with Gasteiger partial charge in [0.2, 0.25) is 11.8 Å². The molecule has 3 amide bonds. The Hall–Kier alpha value is -2.72. The Labute approximate surface area is 185 Å². The molecule has 1 aliphatic rings. The number of carbonyl (C=O) groups excluding carboxylic acids is 3. The second-order valence-electron chi connectivity index (χ2n) is 7.63. The van der Waals surface area contributed by atoms with Crippen LogP contribution in [0.4, 0.5) is 10.7 Å². The SMILES string of the molecule is Cc1ccc(NC(=O)CS(=O)(=O)C(C)C(=O)Nc2sc3c(c2C(N)=O)CCCC3)cc1. The van der Waals surface area contributed by atoms with Crippen molar-refractivity contribution in [3.63, 3.8) is 0 Å². The third-order valence-corrected chi connectivity index (χ3v) is 8.39. The van der Waals surface area contributed by atoms with Gasteiger partial charge in [-0.1, -0.05) is 17.7 Å². The fourth-order valence-corrected chi connectivity index (χ4v) is 5.80. The first-order valence-electron chi connectivity index (χ1n) is 9.92. The Kier molecular flexibility index (Phi) is 6.80. The molecule has 1 aromatic heterocycles. The smallest absolute Gasteiger partial charge is 0.251 e. The molecule has 0 radical (unpaired) electrons. The lowest BCUT2D eigenvalue weighted by atomic mass is 9.95. The van der Waals surface area contributed by atoms with Crippen molar-refractivity contribution >= 4 is 49.6 Å². The van der Waals surface area contributed by atoms with Crippen molar-refractivity contribution in [2.24, 2.45) is 5.73 Å². The van der Waals surface area contributed by atoms with E-state index in [1.807, 2.05) is 6.92 Å². The number of nitrogens with two attached hydrogens (primary N) is 1. The number of hydrogen-bond donors (Lipinski definition) is 3. The summed E-state index contributed by atoms with van der Waals surface area (Å²) in [5.74, 6) is -3.01. The van der Waals surface area contributed by atoms with Gasteiger partial charge < -0.3 is 16.4 Å². The number of thiophene rings is 1. The topological polar surface area (TPSA) is 135 Å². The first-order chi connectivity index (χ1) is 14.6. The van der Waals surface area contributed by atoms with Crippen LogP contribution in [0.15, 0.2) is 24.3 Å². The lowest BCUT2D eigenvalue weighted by molar-refractivity contribution is -0.115. The van der Waals surface area contributed by atoms with Crippen LogP contribution < -0.4 is 16.4 Å². The Morgan fingerprint density at radius 1 is 1.10 bits per heavy atom. The van der Waals surface area contributed by atoms with Crippen LogP contribution in [0.25, 0.3) is 0 Å². The number of fused-ring (bicyclic) bond motifs is 1. The zero-order chi connectivity index (χ0) is 22.8. The van der Waals surface area contributed by atoms with Crippen molar-refractivity contribution < 1.29 is 22.8 Å². The zero-order valence-corrected chi connectivity index (χ0v) is 19.0. The largest absolute Gasteiger partial charge is 0.365 e. The van der Waals surface area contributed by atoms with Crippen LogP contribution in [0.1, 0.15) is 46.1 Å². The molecular weight excluding hydrogens is 438 g/mol. The third-order valence-electron chi connectivity index (χ3n) is 5.23. The first kappa shape index (κ1) is 23.0. The summed E-state index contributed by atoms with van der Waals surface area (Å²) in [6.45, 7) is 3.12. The van der Waals surface area contributed by atoms with Crippen molar-refractivity contribution in [2.75, 3.05) is 16.4 Å². The molecule has 1 aromatic carbocycles. The van der Waals surface area contributed by atoms with Crippen molar-refractivity contribution in [3.05, 3.63) is 45.8 Å². The van der Waals surface area contributed by atoms with Gasteiger partial charge in [-0.05, 0) is 57.2 Å². The van der Waals surface area contributed by atoms with Crippen LogP contribution in [-0.4, -0.2) is 37.1 Å². The zero-order valence-electron chi connectivity index (χ0n) is 17.4. The van der Waals surface area contributed by atoms with Crippen molar-refractivity contribution in [2.45, 2.75) is 44.8 Å². The maximum absolute atomic E-state index is 12.7. The number of nitrogens with one attached hydrogen (secondary N) is 2. The molecule has 1 heterocycles. The molecule has 1 unspecified atom stereocenters. The van der Waals surface area contributed by atoms with Crippen LogP contribution in [0.3, 0.4) is 0 Å². The number of sulfone groups is 1. The van der Waals surface area contributed by atoms with Crippen molar-refractivity contribution in [1.29, 1.82) is 0 Å². The maximum Gasteiger partial charge on any atom is 0.251 e. The molecule has 0 spiro atoms. The molecule has 1 aliphatic carbocycles. The van der Waals surface area contributed by atoms with Crippen molar-refractivity contribution in [1.82, 2.24) is 0 Å². The normalized spacial score (nSPS) is 14.4. The van der Waals surface area contributed by atoms with Crippen LogP contribution >= 0.6 is 11.3 Å². The van der Waals surface area contributed by atoms with Gasteiger partial charge in [0.15, 0.2) is 9.84 Å². The van der Waals surface area contributed by atoms with E-state index in [4.69, 9.17) is 5.73 Å². The van der Waals surface area contributed by atoms with E-state index in [1.54, 1.807) is 24.3 Å². The van der Waals surface area contributed by atoms with E-state index in [2.05, 4.69) is 10.6 Å². The molecule has 8 nitrogen and oxygen atoms in total. The van der Waals surface area contributed by atoms with E-state index >= 15 is 0 Å². The number of benzene rings is 1. The van der Waals surface area contributed by atoms with Gasteiger partial charge in [0.25, 0.3) is 5.91 Å². The first-order valence-corrected chi connectivity index (χ1v) is 12.4. The summed E-state index contributed by atoms with van der Waals surface area (Å²) in [4.78, 5) is 37.8. The van der Waals surface area contributed by atoms with E-state index in [0.29, 0.717) is 12.1 Å². The molecule has 0 bridgehead atoms. The van der Waals surface area contributed by atoms with Gasteiger partial charge in [0, 0.05) is 10.6 Å². The molecule has 166 valence electrons. The van der Waals surface area contributed by atoms with Gasteiger partial charge in [0.05, 0.1) is 5.56 Å². The van der Waals surface area contributed by atoms with Crippen LogP contribution in [-0.2, 0) is 32.3 Å². The summed E-state index contributed by atoms with van der Waals surface area (Å²) in [7, 11) is -4.08. The molecule has 0 fully saturated rings. The highest BCUT2D eigenvalue weighted by atomic mass is 32.2. The Morgan fingerprint density at radius 3 is 2.39 bits per heavy atom. The molecule has 0 saturated carbocycles. The summed E-state index contributed by atoms with van der Waals surface area (Å²) in [5.41, 5.74) is 8.09. The van der Waals surface area contributed by atoms with Gasteiger partial charge in [-0.25, -0.2) is 8.42 Å². The summed E-state index contributed by atoms with van der Waals surface area (Å²) < 4.78 is 25.2. The highest BCUT2D eigenvalue weighted by Crippen LogP contribution is 2.38. The molecule has 4 N–H and O–H groups in total. The summed E-state index contributed by atoms with van der Waals surface area (Å²) in [6, 6.07) is 6.91. The minimum Gasteiger partial charge on any atom is -0.365 e. The quantitative estimate of drug-likeness (QED) is 0.579. The van der Waals surface area contributed by atoms with Crippen LogP contribution in [0.5, 0.6) is 0 Å². The summed E-state index contributed by atoms with van der Waals surface area (Å²) in [5, 5.41) is 3.87. The number of anilines is 2. The average molecular weight is 464 g/mol. The number of amides is 3. The average Bonchev–Trinajstić information content (AvgIpc) is 3.06. The number of hydrogen-bond acceptors (Lipinski definition) is 6. The van der Waals surface area contributed by atoms with Gasteiger partial charge in [-0.3, -0.25) is 14.4 Å².